The number of esters is 1. The van der Waals surface area contributed by atoms with Gasteiger partial charge < -0.3 is 33.2 Å². The first-order valence-corrected chi connectivity index (χ1v) is 13.0. The first-order valence-electron chi connectivity index (χ1n) is 13.0. The zero-order valence-electron chi connectivity index (χ0n) is 22.3. The van der Waals surface area contributed by atoms with Gasteiger partial charge >= 0.3 is 5.97 Å². The van der Waals surface area contributed by atoms with E-state index in [9.17, 15) is 4.79 Å². The van der Waals surface area contributed by atoms with Crippen LogP contribution in [-0.2, 0) is 57.8 Å². The molecule has 39 heavy (non-hydrogen) atoms. The first-order chi connectivity index (χ1) is 19.2. The van der Waals surface area contributed by atoms with Crippen molar-refractivity contribution in [2.45, 2.75) is 50.5 Å². The van der Waals surface area contributed by atoms with Crippen LogP contribution in [0.2, 0.25) is 0 Å². The molecule has 0 saturated carbocycles. The molecule has 3 aromatic carbocycles. The highest BCUT2D eigenvalue weighted by atomic mass is 16.7. The summed E-state index contributed by atoms with van der Waals surface area (Å²) in [7, 11) is 2.99. The van der Waals surface area contributed by atoms with Crippen LogP contribution in [-0.4, -0.2) is 64.1 Å². The van der Waals surface area contributed by atoms with Gasteiger partial charge in [-0.1, -0.05) is 91.0 Å². The molecule has 0 aromatic heterocycles. The SMILES string of the molecule is COCC(=O)OC[C@H]1O[C@H](OC)[C@H](OCc2ccccc2)[C@@H](OCc2ccccc2)[C@H]1OCc1ccccc1. The summed E-state index contributed by atoms with van der Waals surface area (Å²) in [6.45, 7) is 0.754. The quantitative estimate of drug-likeness (QED) is 0.282. The second-order valence-corrected chi connectivity index (χ2v) is 9.18. The summed E-state index contributed by atoms with van der Waals surface area (Å²) >= 11 is 0. The lowest BCUT2D eigenvalue weighted by molar-refractivity contribution is -0.322. The molecule has 1 heterocycles. The van der Waals surface area contributed by atoms with E-state index < -0.39 is 36.7 Å². The number of ether oxygens (including phenoxy) is 7. The Morgan fingerprint density at radius 3 is 1.59 bits per heavy atom. The van der Waals surface area contributed by atoms with Crippen molar-refractivity contribution in [2.75, 3.05) is 27.4 Å². The molecule has 8 nitrogen and oxygen atoms in total. The molecule has 1 aliphatic rings. The maximum atomic E-state index is 12.1. The fourth-order valence-electron chi connectivity index (χ4n) is 4.40. The summed E-state index contributed by atoms with van der Waals surface area (Å²) in [5.41, 5.74) is 3.00. The Labute approximate surface area is 229 Å². The number of rotatable bonds is 14. The van der Waals surface area contributed by atoms with E-state index in [2.05, 4.69) is 0 Å². The summed E-state index contributed by atoms with van der Waals surface area (Å²) in [4.78, 5) is 12.1. The molecule has 208 valence electrons. The van der Waals surface area contributed by atoms with Crippen molar-refractivity contribution in [3.05, 3.63) is 108 Å². The Hall–Kier alpha value is -3.11. The number of carbonyl (C=O) groups is 1. The zero-order chi connectivity index (χ0) is 27.3. The van der Waals surface area contributed by atoms with Gasteiger partial charge in [-0.25, -0.2) is 4.79 Å². The van der Waals surface area contributed by atoms with Crippen LogP contribution >= 0.6 is 0 Å². The minimum atomic E-state index is -0.780. The average Bonchev–Trinajstić information content (AvgIpc) is 2.98. The van der Waals surface area contributed by atoms with Gasteiger partial charge in [-0.05, 0) is 16.7 Å². The number of hydrogen-bond acceptors (Lipinski definition) is 8. The van der Waals surface area contributed by atoms with Crippen LogP contribution in [0.15, 0.2) is 91.0 Å². The molecule has 0 bridgehead atoms. The minimum Gasteiger partial charge on any atom is -0.461 e. The third-order valence-electron chi connectivity index (χ3n) is 6.35. The highest BCUT2D eigenvalue weighted by Gasteiger charge is 2.49. The molecule has 0 spiro atoms. The molecule has 1 saturated heterocycles. The van der Waals surface area contributed by atoms with E-state index >= 15 is 0 Å². The lowest BCUT2D eigenvalue weighted by Gasteiger charge is -2.45. The molecule has 0 radical (unpaired) electrons. The van der Waals surface area contributed by atoms with E-state index in [1.165, 1.54) is 7.11 Å². The topological polar surface area (TPSA) is 81.7 Å². The van der Waals surface area contributed by atoms with E-state index in [1.807, 2.05) is 91.0 Å². The summed E-state index contributed by atoms with van der Waals surface area (Å²) < 4.78 is 41.7. The summed E-state index contributed by atoms with van der Waals surface area (Å²) in [5, 5.41) is 0. The van der Waals surface area contributed by atoms with Crippen LogP contribution in [0.25, 0.3) is 0 Å². The molecule has 1 aliphatic heterocycles. The monoisotopic (exact) mass is 536 g/mol. The Morgan fingerprint density at radius 2 is 1.13 bits per heavy atom. The first kappa shape index (κ1) is 28.9. The summed E-state index contributed by atoms with van der Waals surface area (Å²) in [6, 6.07) is 29.6. The normalized spacial score (nSPS) is 22.9. The second kappa shape index (κ2) is 15.5. The molecule has 5 atom stereocenters. The number of hydrogen-bond donors (Lipinski definition) is 0. The van der Waals surface area contributed by atoms with Gasteiger partial charge in [0, 0.05) is 14.2 Å². The fraction of sp³-hybridized carbons (Fsp3) is 0.387. The standard InChI is InChI=1S/C31H36O8/c1-33-22-27(32)35-21-26-28(36-18-23-12-6-3-7-13-23)29(37-19-24-14-8-4-9-15-24)30(31(34-2)39-26)38-20-25-16-10-5-11-17-25/h3-17,26,28-31H,18-22H2,1-2H3/t26-,28+,29+,30-,31+/m1/s1. The molecule has 3 aromatic rings. The molecular weight excluding hydrogens is 500 g/mol. The van der Waals surface area contributed by atoms with E-state index in [4.69, 9.17) is 33.2 Å². The summed E-state index contributed by atoms with van der Waals surface area (Å²) in [5.74, 6) is -0.499. The van der Waals surface area contributed by atoms with Gasteiger partial charge in [-0.15, -0.1) is 0 Å². The second-order valence-electron chi connectivity index (χ2n) is 9.18. The van der Waals surface area contributed by atoms with E-state index in [0.717, 1.165) is 16.7 Å². The van der Waals surface area contributed by atoms with Crippen LogP contribution in [0.3, 0.4) is 0 Å². The molecule has 0 amide bonds. The third-order valence-corrected chi connectivity index (χ3v) is 6.35. The van der Waals surface area contributed by atoms with Gasteiger partial charge in [0.15, 0.2) is 6.29 Å². The highest BCUT2D eigenvalue weighted by molar-refractivity contribution is 5.70. The Balaban J connectivity index is 1.59. The van der Waals surface area contributed by atoms with Crippen LogP contribution in [0, 0.1) is 0 Å². The molecule has 1 fully saturated rings. The lowest BCUT2D eigenvalue weighted by atomic mass is 9.98. The molecule has 8 heteroatoms. The Morgan fingerprint density at radius 1 is 0.667 bits per heavy atom. The fourth-order valence-corrected chi connectivity index (χ4v) is 4.40. The van der Waals surface area contributed by atoms with E-state index in [1.54, 1.807) is 7.11 Å². The molecule has 0 N–H and O–H groups in total. The summed E-state index contributed by atoms with van der Waals surface area (Å²) in [6.07, 6.45) is -3.29. The maximum absolute atomic E-state index is 12.1. The van der Waals surface area contributed by atoms with Gasteiger partial charge in [0.1, 0.15) is 37.6 Å². The van der Waals surface area contributed by atoms with Crippen molar-refractivity contribution in [3.8, 4) is 0 Å². The van der Waals surface area contributed by atoms with Gasteiger partial charge in [0.2, 0.25) is 0 Å². The van der Waals surface area contributed by atoms with Crippen molar-refractivity contribution < 1.29 is 38.0 Å². The van der Waals surface area contributed by atoms with E-state index in [-0.39, 0.29) is 13.2 Å². The van der Waals surface area contributed by atoms with Crippen molar-refractivity contribution >= 4 is 5.97 Å². The van der Waals surface area contributed by atoms with Crippen LogP contribution in [0.1, 0.15) is 16.7 Å². The lowest BCUT2D eigenvalue weighted by Crippen LogP contribution is -2.61. The van der Waals surface area contributed by atoms with Crippen molar-refractivity contribution in [1.82, 2.24) is 0 Å². The van der Waals surface area contributed by atoms with Gasteiger partial charge in [0.25, 0.3) is 0 Å². The molecule has 0 aliphatic carbocycles. The largest absolute Gasteiger partial charge is 0.461 e. The van der Waals surface area contributed by atoms with Gasteiger partial charge in [-0.3, -0.25) is 0 Å². The highest BCUT2D eigenvalue weighted by Crippen LogP contribution is 2.31. The molecule has 0 unspecified atom stereocenters. The Bertz CT molecular complexity index is 1100. The number of carbonyl (C=O) groups excluding carboxylic acids is 1. The smallest absolute Gasteiger partial charge is 0.332 e. The minimum absolute atomic E-state index is 0.0574. The predicted molar refractivity (Wildman–Crippen MR) is 144 cm³/mol. The van der Waals surface area contributed by atoms with Crippen LogP contribution in [0.5, 0.6) is 0 Å². The van der Waals surface area contributed by atoms with Crippen molar-refractivity contribution in [3.63, 3.8) is 0 Å². The van der Waals surface area contributed by atoms with Gasteiger partial charge in [-0.2, -0.15) is 0 Å². The van der Waals surface area contributed by atoms with Gasteiger partial charge in [0.05, 0.1) is 19.8 Å². The van der Waals surface area contributed by atoms with Crippen LogP contribution in [0.4, 0.5) is 0 Å². The predicted octanol–water partition coefficient (Wildman–Crippen LogP) is 4.30. The third kappa shape index (κ3) is 8.69. The number of methoxy groups -OCH3 is 2. The van der Waals surface area contributed by atoms with E-state index in [0.29, 0.717) is 19.8 Å². The maximum Gasteiger partial charge on any atom is 0.332 e. The zero-order valence-corrected chi connectivity index (χ0v) is 22.3. The molecule has 4 rings (SSSR count). The van der Waals surface area contributed by atoms with Crippen LogP contribution < -0.4 is 0 Å². The molecular formula is C31H36O8. The average molecular weight is 537 g/mol. The van der Waals surface area contributed by atoms with Crippen molar-refractivity contribution in [2.24, 2.45) is 0 Å². The number of benzene rings is 3. The Kier molecular flexibility index (Phi) is 11.5. The van der Waals surface area contributed by atoms with Crippen molar-refractivity contribution in [1.29, 1.82) is 0 Å².